The summed E-state index contributed by atoms with van der Waals surface area (Å²) in [4.78, 5) is 22.0. The van der Waals surface area contributed by atoms with Gasteiger partial charge in [-0.25, -0.2) is 4.99 Å². The minimum Gasteiger partial charge on any atom is -0.358 e. The SMILES string of the molecule is CN(C)C1=NC(C)(c2ccccn2)NC1=O. The van der Waals surface area contributed by atoms with Gasteiger partial charge in [-0.1, -0.05) is 6.07 Å². The Kier molecular flexibility index (Phi) is 2.38. The maximum Gasteiger partial charge on any atom is 0.288 e. The van der Waals surface area contributed by atoms with E-state index in [4.69, 9.17) is 0 Å². The van der Waals surface area contributed by atoms with Gasteiger partial charge in [-0.15, -0.1) is 0 Å². The summed E-state index contributed by atoms with van der Waals surface area (Å²) in [5.41, 5.74) is -0.0157. The molecule has 0 aromatic carbocycles. The molecule has 1 aromatic heterocycles. The molecular weight excluding hydrogens is 204 g/mol. The molecule has 1 amide bonds. The van der Waals surface area contributed by atoms with Crippen molar-refractivity contribution in [2.75, 3.05) is 14.1 Å². The molecule has 0 radical (unpaired) electrons. The highest BCUT2D eigenvalue weighted by atomic mass is 16.2. The topological polar surface area (TPSA) is 57.6 Å². The van der Waals surface area contributed by atoms with Gasteiger partial charge in [-0.2, -0.15) is 0 Å². The molecule has 0 saturated carbocycles. The average Bonchev–Trinajstić information content (AvgIpc) is 2.57. The van der Waals surface area contributed by atoms with Crippen LogP contribution in [0.25, 0.3) is 0 Å². The van der Waals surface area contributed by atoms with Gasteiger partial charge in [0.2, 0.25) is 0 Å². The number of rotatable bonds is 1. The van der Waals surface area contributed by atoms with Gasteiger partial charge in [-0.3, -0.25) is 9.78 Å². The normalized spacial score (nSPS) is 23.9. The quantitative estimate of drug-likeness (QED) is 0.739. The van der Waals surface area contributed by atoms with E-state index in [1.807, 2.05) is 25.1 Å². The van der Waals surface area contributed by atoms with Crippen LogP contribution in [0.15, 0.2) is 29.4 Å². The summed E-state index contributed by atoms with van der Waals surface area (Å²) < 4.78 is 0. The number of aliphatic imine (C=N–C) groups is 1. The molecule has 16 heavy (non-hydrogen) atoms. The molecule has 84 valence electrons. The van der Waals surface area contributed by atoms with E-state index in [2.05, 4.69) is 15.3 Å². The molecule has 1 aliphatic heterocycles. The van der Waals surface area contributed by atoms with Crippen LogP contribution < -0.4 is 5.32 Å². The Morgan fingerprint density at radius 2 is 2.12 bits per heavy atom. The molecule has 1 unspecified atom stereocenters. The second kappa shape index (κ2) is 3.59. The van der Waals surface area contributed by atoms with E-state index in [1.165, 1.54) is 0 Å². The maximum atomic E-state index is 11.7. The fourth-order valence-corrected chi connectivity index (χ4v) is 1.64. The Bertz CT molecular complexity index is 441. The van der Waals surface area contributed by atoms with Crippen molar-refractivity contribution in [3.8, 4) is 0 Å². The van der Waals surface area contributed by atoms with Crippen molar-refractivity contribution in [1.29, 1.82) is 0 Å². The van der Waals surface area contributed by atoms with Crippen LogP contribution in [0.1, 0.15) is 12.6 Å². The summed E-state index contributed by atoms with van der Waals surface area (Å²) in [7, 11) is 3.59. The Balaban J connectivity index is 2.40. The van der Waals surface area contributed by atoms with Crippen LogP contribution in [0.4, 0.5) is 0 Å². The third-order valence-electron chi connectivity index (χ3n) is 2.48. The molecule has 1 atom stereocenters. The van der Waals surface area contributed by atoms with Crippen LogP contribution >= 0.6 is 0 Å². The number of nitrogens with zero attached hydrogens (tertiary/aromatic N) is 3. The lowest BCUT2D eigenvalue weighted by molar-refractivity contribution is -0.115. The Labute approximate surface area is 94.2 Å². The Hall–Kier alpha value is -1.91. The number of hydrogen-bond acceptors (Lipinski definition) is 4. The first kappa shape index (κ1) is 10.6. The molecule has 0 bridgehead atoms. The van der Waals surface area contributed by atoms with Gasteiger partial charge in [0.25, 0.3) is 5.91 Å². The van der Waals surface area contributed by atoms with Crippen LogP contribution in [0, 0.1) is 0 Å². The minimum absolute atomic E-state index is 0.168. The Morgan fingerprint density at radius 3 is 2.62 bits per heavy atom. The van der Waals surface area contributed by atoms with Gasteiger partial charge in [0.15, 0.2) is 11.5 Å². The minimum atomic E-state index is -0.752. The fourth-order valence-electron chi connectivity index (χ4n) is 1.64. The van der Waals surface area contributed by atoms with Crippen LogP contribution in [-0.2, 0) is 10.5 Å². The lowest BCUT2D eigenvalue weighted by Crippen LogP contribution is -2.39. The molecule has 5 nitrogen and oxygen atoms in total. The standard InChI is InChI=1S/C11H14N4O/c1-11(8-6-4-5-7-12-8)13-9(15(2)3)10(16)14-11/h4-7H,1-3H3,(H,14,16). The van der Waals surface area contributed by atoms with Crippen molar-refractivity contribution >= 4 is 11.7 Å². The third-order valence-corrected chi connectivity index (χ3v) is 2.48. The predicted octanol–water partition coefficient (Wildman–Crippen LogP) is 0.344. The zero-order valence-corrected chi connectivity index (χ0v) is 9.56. The van der Waals surface area contributed by atoms with Gasteiger partial charge in [0.1, 0.15) is 0 Å². The van der Waals surface area contributed by atoms with Gasteiger partial charge in [0.05, 0.1) is 5.69 Å². The van der Waals surface area contributed by atoms with E-state index in [9.17, 15) is 4.79 Å². The second-order valence-corrected chi connectivity index (χ2v) is 4.07. The number of carbonyl (C=O) groups is 1. The van der Waals surface area contributed by atoms with Crippen molar-refractivity contribution in [2.45, 2.75) is 12.6 Å². The molecule has 1 N–H and O–H groups in total. The Morgan fingerprint density at radius 1 is 1.38 bits per heavy atom. The molecule has 5 heteroatoms. The van der Waals surface area contributed by atoms with Crippen LogP contribution in [0.5, 0.6) is 0 Å². The summed E-state index contributed by atoms with van der Waals surface area (Å²) in [5.74, 6) is 0.256. The average molecular weight is 218 g/mol. The highest BCUT2D eigenvalue weighted by Crippen LogP contribution is 2.24. The van der Waals surface area contributed by atoms with Crippen LogP contribution in [0.2, 0.25) is 0 Å². The van der Waals surface area contributed by atoms with E-state index in [-0.39, 0.29) is 5.91 Å². The summed E-state index contributed by atoms with van der Waals surface area (Å²) >= 11 is 0. The molecule has 0 fully saturated rings. The first-order chi connectivity index (χ1) is 7.53. The van der Waals surface area contributed by atoms with Crippen LogP contribution in [0.3, 0.4) is 0 Å². The number of amidine groups is 1. The third kappa shape index (κ3) is 1.64. The van der Waals surface area contributed by atoms with Gasteiger partial charge < -0.3 is 10.2 Å². The number of likely N-dealkylation sites (N-methyl/N-ethyl adjacent to an activating group) is 1. The molecule has 1 aliphatic rings. The number of amides is 1. The van der Waals surface area contributed by atoms with Gasteiger partial charge in [-0.05, 0) is 19.1 Å². The maximum absolute atomic E-state index is 11.7. The summed E-state index contributed by atoms with van der Waals surface area (Å²) in [6, 6.07) is 5.56. The number of pyridine rings is 1. The monoisotopic (exact) mass is 218 g/mol. The molecular formula is C11H14N4O. The lowest BCUT2D eigenvalue weighted by atomic mass is 10.1. The zero-order valence-electron chi connectivity index (χ0n) is 9.56. The second-order valence-electron chi connectivity index (χ2n) is 4.07. The predicted molar refractivity (Wildman–Crippen MR) is 60.9 cm³/mol. The highest BCUT2D eigenvalue weighted by Gasteiger charge is 2.38. The number of nitrogens with one attached hydrogen (secondary N) is 1. The van der Waals surface area contributed by atoms with E-state index < -0.39 is 5.66 Å². The summed E-state index contributed by atoms with van der Waals surface area (Å²) in [6.45, 7) is 1.84. The van der Waals surface area contributed by atoms with E-state index in [0.717, 1.165) is 5.69 Å². The largest absolute Gasteiger partial charge is 0.358 e. The summed E-state index contributed by atoms with van der Waals surface area (Å²) in [6.07, 6.45) is 1.69. The summed E-state index contributed by atoms with van der Waals surface area (Å²) in [5, 5.41) is 2.83. The van der Waals surface area contributed by atoms with Gasteiger partial charge >= 0.3 is 0 Å². The molecule has 2 heterocycles. The van der Waals surface area contributed by atoms with Crippen molar-refractivity contribution in [1.82, 2.24) is 15.2 Å². The number of carbonyl (C=O) groups excluding carboxylic acids is 1. The van der Waals surface area contributed by atoms with Crippen molar-refractivity contribution in [2.24, 2.45) is 4.99 Å². The number of aromatic nitrogens is 1. The van der Waals surface area contributed by atoms with E-state index in [1.54, 1.807) is 25.2 Å². The zero-order chi connectivity index (χ0) is 11.8. The van der Waals surface area contributed by atoms with Gasteiger partial charge in [0, 0.05) is 20.3 Å². The molecule has 0 aliphatic carbocycles. The highest BCUT2D eigenvalue weighted by molar-refractivity contribution is 6.39. The van der Waals surface area contributed by atoms with E-state index >= 15 is 0 Å². The first-order valence-corrected chi connectivity index (χ1v) is 5.04. The van der Waals surface area contributed by atoms with Crippen LogP contribution in [-0.4, -0.2) is 35.7 Å². The fraction of sp³-hybridized carbons (Fsp3) is 0.364. The lowest BCUT2D eigenvalue weighted by Gasteiger charge is -2.19. The van der Waals surface area contributed by atoms with Crippen molar-refractivity contribution < 1.29 is 4.79 Å². The molecule has 2 rings (SSSR count). The smallest absolute Gasteiger partial charge is 0.288 e. The molecule has 0 spiro atoms. The molecule has 1 aromatic rings. The first-order valence-electron chi connectivity index (χ1n) is 5.04. The van der Waals surface area contributed by atoms with E-state index in [0.29, 0.717) is 5.84 Å². The number of hydrogen-bond donors (Lipinski definition) is 1. The van der Waals surface area contributed by atoms with Crippen molar-refractivity contribution in [3.05, 3.63) is 30.1 Å². The molecule has 0 saturated heterocycles. The van der Waals surface area contributed by atoms with Crippen molar-refractivity contribution in [3.63, 3.8) is 0 Å².